The van der Waals surface area contributed by atoms with Gasteiger partial charge in [0.2, 0.25) is 0 Å². The Morgan fingerprint density at radius 3 is 2.00 bits per heavy atom. The van der Waals surface area contributed by atoms with Gasteiger partial charge in [0.25, 0.3) is 5.91 Å². The topological polar surface area (TPSA) is 76.6 Å². The van der Waals surface area contributed by atoms with Crippen LogP contribution in [0.4, 0.5) is 0 Å². The smallest absolute Gasteiger partial charge is 0.255 e. The number of hydrogen-bond acceptors (Lipinski definition) is 5. The second kappa shape index (κ2) is 7.35. The lowest BCUT2D eigenvalue weighted by molar-refractivity contribution is 0.0663. The number of rotatable bonds is 4. The lowest BCUT2D eigenvalue weighted by Crippen LogP contribution is -2.56. The number of pyridine rings is 1. The first kappa shape index (κ1) is 19.5. The third-order valence-electron chi connectivity index (χ3n) is 5.76. The highest BCUT2D eigenvalue weighted by molar-refractivity contribution is 7.92. The predicted molar refractivity (Wildman–Crippen MR) is 119 cm³/mol. The highest BCUT2D eigenvalue weighted by Gasteiger charge is 2.41. The fourth-order valence-electron chi connectivity index (χ4n) is 3.99. The lowest BCUT2D eigenvalue weighted by Gasteiger charge is -2.39. The summed E-state index contributed by atoms with van der Waals surface area (Å²) < 4.78 is 31.0. The van der Waals surface area contributed by atoms with Crippen LogP contribution in [0.3, 0.4) is 0 Å². The van der Waals surface area contributed by atoms with Gasteiger partial charge in [-0.3, -0.25) is 4.79 Å². The van der Waals surface area contributed by atoms with Crippen LogP contribution in [0.2, 0.25) is 0 Å². The van der Waals surface area contributed by atoms with Crippen LogP contribution in [-0.2, 0) is 9.84 Å². The Morgan fingerprint density at radius 2 is 1.45 bits per heavy atom. The second-order valence-electron chi connectivity index (χ2n) is 7.57. The van der Waals surface area contributed by atoms with Crippen LogP contribution in [-0.4, -0.2) is 49.7 Å². The predicted octanol–water partition coefficient (Wildman–Crippen LogP) is 3.69. The van der Waals surface area contributed by atoms with Gasteiger partial charge in [0, 0.05) is 23.9 Å². The van der Waals surface area contributed by atoms with E-state index in [0.29, 0.717) is 11.3 Å². The number of methoxy groups -OCH3 is 1. The van der Waals surface area contributed by atoms with Gasteiger partial charge in [-0.1, -0.05) is 36.4 Å². The maximum absolute atomic E-state index is 13.4. The molecular formula is C24H20N2O4S. The molecule has 0 spiro atoms. The Hall–Kier alpha value is -3.45. The first-order valence-electron chi connectivity index (χ1n) is 9.94. The van der Waals surface area contributed by atoms with E-state index in [1.807, 2.05) is 48.5 Å². The normalized spacial score (nSPS) is 14.5. The first-order valence-corrected chi connectivity index (χ1v) is 11.5. The van der Waals surface area contributed by atoms with Crippen molar-refractivity contribution in [2.45, 2.75) is 10.1 Å². The van der Waals surface area contributed by atoms with E-state index in [1.54, 1.807) is 29.2 Å². The molecule has 1 fully saturated rings. The van der Waals surface area contributed by atoms with Crippen molar-refractivity contribution in [1.82, 2.24) is 9.88 Å². The summed E-state index contributed by atoms with van der Waals surface area (Å²) >= 11 is 0. The molecular weight excluding hydrogens is 412 g/mol. The van der Waals surface area contributed by atoms with E-state index in [4.69, 9.17) is 4.74 Å². The van der Waals surface area contributed by atoms with E-state index in [1.165, 1.54) is 7.11 Å². The summed E-state index contributed by atoms with van der Waals surface area (Å²) in [5.41, 5.74) is 2.06. The van der Waals surface area contributed by atoms with Gasteiger partial charge in [0.05, 0.1) is 28.6 Å². The van der Waals surface area contributed by atoms with E-state index in [-0.39, 0.29) is 23.9 Å². The zero-order chi connectivity index (χ0) is 21.6. The number of hydrogen-bond donors (Lipinski definition) is 0. The van der Waals surface area contributed by atoms with Crippen molar-refractivity contribution >= 4 is 37.6 Å². The molecule has 1 amide bonds. The van der Waals surface area contributed by atoms with Gasteiger partial charge >= 0.3 is 0 Å². The zero-order valence-corrected chi connectivity index (χ0v) is 17.7. The average Bonchev–Trinajstić information content (AvgIpc) is 2.76. The number of carbonyl (C=O) groups excluding carboxylic acids is 1. The van der Waals surface area contributed by atoms with E-state index in [2.05, 4.69) is 4.98 Å². The minimum absolute atomic E-state index is 0.165. The molecule has 6 nitrogen and oxygen atoms in total. The summed E-state index contributed by atoms with van der Waals surface area (Å²) in [5.74, 6) is 0.428. The van der Waals surface area contributed by atoms with Gasteiger partial charge in [-0.25, -0.2) is 13.4 Å². The Kier molecular flexibility index (Phi) is 4.63. The van der Waals surface area contributed by atoms with Crippen LogP contribution >= 0.6 is 0 Å². The van der Waals surface area contributed by atoms with Crippen LogP contribution in [0.1, 0.15) is 10.4 Å². The number of sulfone groups is 1. The van der Waals surface area contributed by atoms with Crippen LogP contribution in [0.5, 0.6) is 5.75 Å². The first-order chi connectivity index (χ1) is 15.0. The standard InChI is InChI=1S/C24H20N2O4S/c1-30-16-10-12-17(13-11-16)31(28,29)18-14-26(15-18)24(27)23-19-6-2-4-8-21(19)25-22-9-5-3-7-20(22)23/h2-13,18H,14-15H2,1H3. The maximum atomic E-state index is 13.4. The Bertz CT molecular complexity index is 1360. The number of amides is 1. The summed E-state index contributed by atoms with van der Waals surface area (Å²) in [5, 5.41) is 0.921. The molecule has 0 aliphatic carbocycles. The van der Waals surface area contributed by atoms with Gasteiger partial charge in [-0.2, -0.15) is 0 Å². The minimum atomic E-state index is -3.52. The van der Waals surface area contributed by atoms with Crippen molar-refractivity contribution < 1.29 is 17.9 Å². The van der Waals surface area contributed by atoms with Crippen LogP contribution in [0.25, 0.3) is 21.8 Å². The number of benzene rings is 3. The van der Waals surface area contributed by atoms with Crippen molar-refractivity contribution in [3.8, 4) is 5.75 Å². The summed E-state index contributed by atoms with van der Waals surface area (Å²) in [6.07, 6.45) is 0. The fraction of sp³-hybridized carbons (Fsp3) is 0.167. The quantitative estimate of drug-likeness (QED) is 0.460. The molecule has 4 aromatic rings. The molecule has 1 aliphatic rings. The van der Waals surface area contributed by atoms with Gasteiger partial charge in [0.1, 0.15) is 11.0 Å². The number of para-hydroxylation sites is 2. The molecule has 156 valence electrons. The van der Waals surface area contributed by atoms with Crippen molar-refractivity contribution in [2.75, 3.05) is 20.2 Å². The van der Waals surface area contributed by atoms with Crippen molar-refractivity contribution in [3.05, 3.63) is 78.4 Å². The molecule has 0 N–H and O–H groups in total. The molecule has 1 aromatic heterocycles. The number of fused-ring (bicyclic) bond motifs is 2. The molecule has 2 heterocycles. The Morgan fingerprint density at radius 1 is 0.903 bits per heavy atom. The summed E-state index contributed by atoms with van der Waals surface area (Å²) in [6.45, 7) is 0.330. The maximum Gasteiger partial charge on any atom is 0.255 e. The third kappa shape index (κ3) is 3.21. The summed E-state index contributed by atoms with van der Waals surface area (Å²) in [6, 6.07) is 21.4. The number of likely N-dealkylation sites (tertiary alicyclic amines) is 1. The van der Waals surface area contributed by atoms with E-state index >= 15 is 0 Å². The third-order valence-corrected chi connectivity index (χ3v) is 7.87. The molecule has 0 bridgehead atoms. The molecule has 7 heteroatoms. The van der Waals surface area contributed by atoms with Crippen molar-refractivity contribution in [2.24, 2.45) is 0 Å². The number of aromatic nitrogens is 1. The molecule has 0 radical (unpaired) electrons. The molecule has 0 unspecified atom stereocenters. The van der Waals surface area contributed by atoms with E-state index in [0.717, 1.165) is 21.8 Å². The molecule has 1 saturated heterocycles. The highest BCUT2D eigenvalue weighted by atomic mass is 32.2. The van der Waals surface area contributed by atoms with Crippen LogP contribution in [0.15, 0.2) is 77.7 Å². The van der Waals surface area contributed by atoms with Crippen molar-refractivity contribution in [3.63, 3.8) is 0 Å². The summed E-state index contributed by atoms with van der Waals surface area (Å²) in [7, 11) is -1.99. The molecule has 3 aromatic carbocycles. The van der Waals surface area contributed by atoms with Gasteiger partial charge in [-0.15, -0.1) is 0 Å². The lowest BCUT2D eigenvalue weighted by atomic mass is 10.00. The van der Waals surface area contributed by atoms with E-state index in [9.17, 15) is 13.2 Å². The number of ether oxygens (including phenoxy) is 1. The SMILES string of the molecule is COc1ccc(S(=O)(=O)C2CN(C(=O)c3c4ccccc4nc4ccccc34)C2)cc1. The number of carbonyl (C=O) groups is 1. The minimum Gasteiger partial charge on any atom is -0.497 e. The highest BCUT2D eigenvalue weighted by Crippen LogP contribution is 2.31. The molecule has 31 heavy (non-hydrogen) atoms. The van der Waals surface area contributed by atoms with Crippen LogP contribution in [0, 0.1) is 0 Å². The summed E-state index contributed by atoms with van der Waals surface area (Å²) in [4.78, 5) is 19.9. The zero-order valence-electron chi connectivity index (χ0n) is 16.9. The van der Waals surface area contributed by atoms with Crippen LogP contribution < -0.4 is 4.74 Å². The molecule has 0 atom stereocenters. The molecule has 0 saturated carbocycles. The fourth-order valence-corrected chi connectivity index (χ4v) is 5.64. The van der Waals surface area contributed by atoms with Gasteiger partial charge in [0.15, 0.2) is 9.84 Å². The monoisotopic (exact) mass is 432 g/mol. The number of nitrogens with zero attached hydrogens (tertiary/aromatic N) is 2. The Balaban J connectivity index is 1.45. The average molecular weight is 433 g/mol. The van der Waals surface area contributed by atoms with Gasteiger partial charge < -0.3 is 9.64 Å². The van der Waals surface area contributed by atoms with E-state index < -0.39 is 15.1 Å². The largest absolute Gasteiger partial charge is 0.497 e. The van der Waals surface area contributed by atoms with Gasteiger partial charge in [-0.05, 0) is 36.4 Å². The second-order valence-corrected chi connectivity index (χ2v) is 9.80. The van der Waals surface area contributed by atoms with Crippen molar-refractivity contribution in [1.29, 1.82) is 0 Å². The molecule has 5 rings (SSSR count). The molecule has 1 aliphatic heterocycles. The Labute approximate surface area is 180 Å².